The molecule has 26 heavy (non-hydrogen) atoms. The molecule has 1 atom stereocenters. The van der Waals surface area contributed by atoms with Gasteiger partial charge in [-0.3, -0.25) is 9.48 Å². The molecule has 1 aromatic carbocycles. The van der Waals surface area contributed by atoms with Gasteiger partial charge in [0.05, 0.1) is 23.2 Å². The van der Waals surface area contributed by atoms with Crippen LogP contribution < -0.4 is 5.32 Å². The predicted octanol–water partition coefficient (Wildman–Crippen LogP) is 2.95. The van der Waals surface area contributed by atoms with Gasteiger partial charge in [-0.1, -0.05) is 17.7 Å². The van der Waals surface area contributed by atoms with Crippen LogP contribution in [0, 0.1) is 6.92 Å². The Balaban J connectivity index is 1.71. The van der Waals surface area contributed by atoms with Crippen LogP contribution in [0.2, 0.25) is 5.02 Å². The summed E-state index contributed by atoms with van der Waals surface area (Å²) in [5.41, 5.74) is 3.82. The number of rotatable bonds is 3. The number of aromatic nitrogens is 2. The molecule has 2 heterocycles. The lowest BCUT2D eigenvalue weighted by Gasteiger charge is -2.15. The van der Waals surface area contributed by atoms with Gasteiger partial charge in [-0.25, -0.2) is 8.42 Å². The average Bonchev–Trinajstić information content (AvgIpc) is 3.24. The van der Waals surface area contributed by atoms with Gasteiger partial charge in [-0.05, 0) is 50.3 Å². The van der Waals surface area contributed by atoms with Crippen molar-refractivity contribution < 1.29 is 13.2 Å². The number of fused-ring (bicyclic) bond motifs is 1. The number of carbonyl (C=O) groups is 1. The van der Waals surface area contributed by atoms with E-state index in [4.69, 9.17) is 11.6 Å². The molecule has 138 valence electrons. The Labute approximate surface area is 157 Å². The van der Waals surface area contributed by atoms with Crippen molar-refractivity contribution in [1.82, 2.24) is 9.78 Å². The van der Waals surface area contributed by atoms with Crippen molar-refractivity contribution in [2.75, 3.05) is 16.8 Å². The molecule has 1 amide bonds. The average molecular weight is 394 g/mol. The number of nitrogens with zero attached hydrogens (tertiary/aromatic N) is 2. The molecular weight excluding hydrogens is 374 g/mol. The van der Waals surface area contributed by atoms with Crippen molar-refractivity contribution in [3.63, 3.8) is 0 Å². The lowest BCUT2D eigenvalue weighted by Crippen LogP contribution is -2.23. The van der Waals surface area contributed by atoms with E-state index in [-0.39, 0.29) is 23.5 Å². The van der Waals surface area contributed by atoms with E-state index in [0.717, 1.165) is 36.1 Å². The van der Waals surface area contributed by atoms with Gasteiger partial charge in [0.2, 0.25) is 0 Å². The van der Waals surface area contributed by atoms with Gasteiger partial charge in [0.15, 0.2) is 9.84 Å². The number of halogens is 1. The molecule has 0 spiro atoms. The van der Waals surface area contributed by atoms with Crippen LogP contribution in [0.4, 0.5) is 5.69 Å². The normalized spacial score (nSPS) is 20.9. The Morgan fingerprint density at radius 1 is 1.35 bits per heavy atom. The predicted molar refractivity (Wildman–Crippen MR) is 101 cm³/mol. The molecule has 2 aliphatic rings. The maximum absolute atomic E-state index is 13.1. The Hall–Kier alpha value is -1.86. The standard InChI is InChI=1S/C18H20ClN3O3S/c1-11-14(19)5-3-6-15(11)20-18(23)17-13-4-2-7-16(13)21-22(17)12-8-9-26(24,25)10-12/h3,5-6,12H,2,4,7-10H2,1H3,(H,20,23). The highest BCUT2D eigenvalue weighted by molar-refractivity contribution is 7.91. The largest absolute Gasteiger partial charge is 0.320 e. The zero-order chi connectivity index (χ0) is 18.5. The summed E-state index contributed by atoms with van der Waals surface area (Å²) in [6, 6.07) is 5.10. The maximum atomic E-state index is 13.1. The van der Waals surface area contributed by atoms with Gasteiger partial charge in [-0.2, -0.15) is 5.10 Å². The highest BCUT2D eigenvalue weighted by Gasteiger charge is 2.35. The first-order valence-corrected chi connectivity index (χ1v) is 10.9. The fourth-order valence-corrected chi connectivity index (χ4v) is 5.68. The molecule has 2 aromatic rings. The smallest absolute Gasteiger partial charge is 0.274 e. The van der Waals surface area contributed by atoms with Gasteiger partial charge in [0, 0.05) is 16.3 Å². The molecule has 1 fully saturated rings. The zero-order valence-corrected chi connectivity index (χ0v) is 16.0. The third-order valence-corrected chi connectivity index (χ3v) is 7.38. The van der Waals surface area contributed by atoms with Crippen LogP contribution in [-0.2, 0) is 22.7 Å². The number of aryl methyl sites for hydroxylation is 1. The van der Waals surface area contributed by atoms with Crippen LogP contribution in [0.15, 0.2) is 18.2 Å². The summed E-state index contributed by atoms with van der Waals surface area (Å²) in [6.07, 6.45) is 3.10. The quantitative estimate of drug-likeness (QED) is 0.869. The van der Waals surface area contributed by atoms with Crippen molar-refractivity contribution in [1.29, 1.82) is 0 Å². The lowest BCUT2D eigenvalue weighted by atomic mass is 10.1. The molecule has 1 unspecified atom stereocenters. The van der Waals surface area contributed by atoms with Crippen LogP contribution in [-0.4, -0.2) is 35.6 Å². The van der Waals surface area contributed by atoms with E-state index in [1.807, 2.05) is 6.92 Å². The summed E-state index contributed by atoms with van der Waals surface area (Å²) in [7, 11) is -3.06. The molecule has 6 nitrogen and oxygen atoms in total. The Morgan fingerprint density at radius 3 is 2.88 bits per heavy atom. The lowest BCUT2D eigenvalue weighted by molar-refractivity contribution is 0.101. The topological polar surface area (TPSA) is 81.1 Å². The molecule has 4 rings (SSSR count). The molecule has 1 aliphatic carbocycles. The summed E-state index contributed by atoms with van der Waals surface area (Å²) in [5.74, 6) is -0.0592. The number of nitrogens with one attached hydrogen (secondary N) is 1. The summed E-state index contributed by atoms with van der Waals surface area (Å²) in [6.45, 7) is 1.85. The second-order valence-corrected chi connectivity index (χ2v) is 9.63. The van der Waals surface area contributed by atoms with Crippen LogP contribution in [0.5, 0.6) is 0 Å². The number of carbonyl (C=O) groups excluding carboxylic acids is 1. The van der Waals surface area contributed by atoms with Crippen molar-refractivity contribution in [2.24, 2.45) is 0 Å². The highest BCUT2D eigenvalue weighted by Crippen LogP contribution is 2.32. The first-order chi connectivity index (χ1) is 12.4. The Kier molecular flexibility index (Phi) is 4.31. The number of anilines is 1. The van der Waals surface area contributed by atoms with Crippen LogP contribution >= 0.6 is 11.6 Å². The molecule has 1 N–H and O–H groups in total. The molecule has 1 aliphatic heterocycles. The second kappa shape index (κ2) is 6.39. The Morgan fingerprint density at radius 2 is 2.15 bits per heavy atom. The van der Waals surface area contributed by atoms with E-state index >= 15 is 0 Å². The fourth-order valence-electron chi connectivity index (χ4n) is 3.81. The van der Waals surface area contributed by atoms with Crippen molar-refractivity contribution >= 4 is 33.0 Å². The van der Waals surface area contributed by atoms with Crippen molar-refractivity contribution in [3.05, 3.63) is 45.7 Å². The van der Waals surface area contributed by atoms with E-state index in [1.165, 1.54) is 0 Å². The Bertz CT molecular complexity index is 997. The molecule has 1 aromatic heterocycles. The van der Waals surface area contributed by atoms with E-state index < -0.39 is 9.84 Å². The van der Waals surface area contributed by atoms with Gasteiger partial charge in [0.1, 0.15) is 5.69 Å². The second-order valence-electron chi connectivity index (χ2n) is 7.00. The summed E-state index contributed by atoms with van der Waals surface area (Å²) in [4.78, 5) is 13.1. The van der Waals surface area contributed by atoms with Gasteiger partial charge >= 0.3 is 0 Å². The van der Waals surface area contributed by atoms with Crippen LogP contribution in [0.3, 0.4) is 0 Å². The molecule has 0 saturated carbocycles. The van der Waals surface area contributed by atoms with E-state index in [9.17, 15) is 13.2 Å². The number of hydrogen-bond donors (Lipinski definition) is 1. The zero-order valence-electron chi connectivity index (χ0n) is 14.5. The van der Waals surface area contributed by atoms with Gasteiger partial charge in [0.25, 0.3) is 5.91 Å². The molecule has 8 heteroatoms. The van der Waals surface area contributed by atoms with E-state index in [0.29, 0.717) is 22.8 Å². The highest BCUT2D eigenvalue weighted by atomic mass is 35.5. The molecular formula is C18H20ClN3O3S. The third-order valence-electron chi connectivity index (χ3n) is 5.22. The summed E-state index contributed by atoms with van der Waals surface area (Å²) >= 11 is 6.15. The third kappa shape index (κ3) is 3.03. The first kappa shape index (κ1) is 17.5. The minimum absolute atomic E-state index is 0.0457. The number of amides is 1. The van der Waals surface area contributed by atoms with E-state index in [1.54, 1.807) is 22.9 Å². The van der Waals surface area contributed by atoms with Crippen molar-refractivity contribution in [2.45, 2.75) is 38.6 Å². The fraction of sp³-hybridized carbons (Fsp3) is 0.444. The minimum atomic E-state index is -3.06. The monoisotopic (exact) mass is 393 g/mol. The van der Waals surface area contributed by atoms with Crippen LogP contribution in [0.25, 0.3) is 0 Å². The van der Waals surface area contributed by atoms with Crippen LogP contribution in [0.1, 0.15) is 46.2 Å². The first-order valence-electron chi connectivity index (χ1n) is 8.73. The summed E-state index contributed by atoms with van der Waals surface area (Å²) < 4.78 is 25.4. The number of benzene rings is 1. The molecule has 0 radical (unpaired) electrons. The molecule has 0 bridgehead atoms. The maximum Gasteiger partial charge on any atom is 0.274 e. The van der Waals surface area contributed by atoms with Gasteiger partial charge in [-0.15, -0.1) is 0 Å². The van der Waals surface area contributed by atoms with E-state index in [2.05, 4.69) is 10.4 Å². The molecule has 1 saturated heterocycles. The number of hydrogen-bond acceptors (Lipinski definition) is 4. The van der Waals surface area contributed by atoms with Gasteiger partial charge < -0.3 is 5.32 Å². The SMILES string of the molecule is Cc1c(Cl)cccc1NC(=O)c1c2c(nn1C1CCS(=O)(=O)C1)CCC2. The number of sulfone groups is 1. The minimum Gasteiger partial charge on any atom is -0.320 e. The van der Waals surface area contributed by atoms with Crippen molar-refractivity contribution in [3.8, 4) is 0 Å². The summed E-state index contributed by atoms with van der Waals surface area (Å²) in [5, 5.41) is 8.13.